The summed E-state index contributed by atoms with van der Waals surface area (Å²) in [6.07, 6.45) is 0. The lowest BCUT2D eigenvalue weighted by Gasteiger charge is -2.13. The van der Waals surface area contributed by atoms with Crippen LogP contribution in [0.25, 0.3) is 0 Å². The first kappa shape index (κ1) is 13.0. The molecule has 1 aromatic carbocycles. The van der Waals surface area contributed by atoms with Crippen molar-refractivity contribution in [3.05, 3.63) is 28.3 Å². The van der Waals surface area contributed by atoms with Gasteiger partial charge in [0.15, 0.2) is 0 Å². The van der Waals surface area contributed by atoms with Crippen LogP contribution in [-0.4, -0.2) is 23.7 Å². The van der Waals surface area contributed by atoms with E-state index in [2.05, 4.69) is 0 Å². The van der Waals surface area contributed by atoms with E-state index in [9.17, 15) is 9.59 Å². The summed E-state index contributed by atoms with van der Waals surface area (Å²) in [5.74, 6) is -1.59. The average molecular weight is 237 g/mol. The van der Waals surface area contributed by atoms with Crippen molar-refractivity contribution in [2.24, 2.45) is 0 Å². The van der Waals surface area contributed by atoms with Crippen LogP contribution >= 0.6 is 0 Å². The van der Waals surface area contributed by atoms with Crippen molar-refractivity contribution < 1.29 is 19.4 Å². The van der Waals surface area contributed by atoms with Crippen LogP contribution in [0.15, 0.2) is 6.07 Å². The number of nitrogens with two attached hydrogens (primary N) is 1. The predicted molar refractivity (Wildman–Crippen MR) is 63.2 cm³/mol. The molecule has 1 aromatic rings. The fourth-order valence-corrected chi connectivity index (χ4v) is 1.69. The average Bonchev–Trinajstić information content (AvgIpc) is 2.23. The molecule has 0 bridgehead atoms. The van der Waals surface area contributed by atoms with Crippen LogP contribution in [-0.2, 0) is 4.74 Å². The third-order valence-corrected chi connectivity index (χ3v) is 2.53. The largest absolute Gasteiger partial charge is 0.478 e. The minimum Gasteiger partial charge on any atom is -0.478 e. The van der Waals surface area contributed by atoms with Crippen molar-refractivity contribution in [3.8, 4) is 0 Å². The van der Waals surface area contributed by atoms with Gasteiger partial charge in [-0.1, -0.05) is 0 Å². The smallest absolute Gasteiger partial charge is 0.338 e. The number of carboxylic acids is 1. The standard InChI is InChI=1S/C12H15NO4/c1-4-17-12(16)9-6(2)5-8(11(14)15)10(13)7(9)3/h5H,4,13H2,1-3H3,(H,14,15). The third-order valence-electron chi connectivity index (χ3n) is 2.53. The first-order chi connectivity index (χ1) is 7.90. The van der Waals surface area contributed by atoms with Gasteiger partial charge >= 0.3 is 11.9 Å². The van der Waals surface area contributed by atoms with Gasteiger partial charge in [-0.05, 0) is 38.0 Å². The highest BCUT2D eigenvalue weighted by atomic mass is 16.5. The highest BCUT2D eigenvalue weighted by Crippen LogP contribution is 2.25. The number of rotatable bonds is 3. The van der Waals surface area contributed by atoms with E-state index in [1.165, 1.54) is 6.07 Å². The van der Waals surface area contributed by atoms with Crippen molar-refractivity contribution in [2.45, 2.75) is 20.8 Å². The first-order valence-electron chi connectivity index (χ1n) is 5.20. The van der Waals surface area contributed by atoms with E-state index in [1.54, 1.807) is 20.8 Å². The number of carboxylic acid groups (broad SMARTS) is 1. The van der Waals surface area contributed by atoms with Gasteiger partial charge in [-0.25, -0.2) is 9.59 Å². The van der Waals surface area contributed by atoms with Crippen LogP contribution in [0.5, 0.6) is 0 Å². The lowest BCUT2D eigenvalue weighted by molar-refractivity contribution is 0.0523. The van der Waals surface area contributed by atoms with Gasteiger partial charge in [-0.2, -0.15) is 0 Å². The predicted octanol–water partition coefficient (Wildman–Crippen LogP) is 1.76. The number of anilines is 1. The summed E-state index contributed by atoms with van der Waals surface area (Å²) in [4.78, 5) is 22.6. The van der Waals surface area contributed by atoms with E-state index < -0.39 is 11.9 Å². The molecular weight excluding hydrogens is 222 g/mol. The molecule has 1 rings (SSSR count). The molecular formula is C12H15NO4. The van der Waals surface area contributed by atoms with Gasteiger partial charge in [0.05, 0.1) is 17.7 Å². The van der Waals surface area contributed by atoms with E-state index in [1.807, 2.05) is 0 Å². The topological polar surface area (TPSA) is 89.6 Å². The van der Waals surface area contributed by atoms with Crippen LogP contribution in [0.2, 0.25) is 0 Å². The highest BCUT2D eigenvalue weighted by Gasteiger charge is 2.20. The number of aryl methyl sites for hydroxylation is 1. The second kappa shape index (κ2) is 4.86. The van der Waals surface area contributed by atoms with E-state index in [4.69, 9.17) is 15.6 Å². The molecule has 0 heterocycles. The zero-order valence-electron chi connectivity index (χ0n) is 10.0. The van der Waals surface area contributed by atoms with Crippen LogP contribution < -0.4 is 5.73 Å². The van der Waals surface area contributed by atoms with Crippen molar-refractivity contribution >= 4 is 17.6 Å². The number of nitrogen functional groups attached to an aromatic ring is 1. The molecule has 0 atom stereocenters. The summed E-state index contributed by atoms with van der Waals surface area (Å²) in [6, 6.07) is 1.39. The summed E-state index contributed by atoms with van der Waals surface area (Å²) >= 11 is 0. The molecule has 0 unspecified atom stereocenters. The zero-order valence-corrected chi connectivity index (χ0v) is 10.0. The monoisotopic (exact) mass is 237 g/mol. The molecule has 0 aliphatic rings. The molecule has 0 fully saturated rings. The molecule has 5 heteroatoms. The van der Waals surface area contributed by atoms with Crippen molar-refractivity contribution in [1.29, 1.82) is 0 Å². The molecule has 0 saturated heterocycles. The van der Waals surface area contributed by atoms with Crippen LogP contribution in [0.4, 0.5) is 5.69 Å². The van der Waals surface area contributed by atoms with Gasteiger partial charge in [0.25, 0.3) is 0 Å². The SMILES string of the molecule is CCOC(=O)c1c(C)cc(C(=O)O)c(N)c1C. The van der Waals surface area contributed by atoms with Crippen molar-refractivity contribution in [3.63, 3.8) is 0 Å². The molecule has 0 aliphatic heterocycles. The Morgan fingerprint density at radius 2 is 2.00 bits per heavy atom. The number of esters is 1. The highest BCUT2D eigenvalue weighted by molar-refractivity contribution is 6.00. The first-order valence-corrected chi connectivity index (χ1v) is 5.20. The summed E-state index contributed by atoms with van der Waals surface area (Å²) < 4.78 is 4.90. The minimum atomic E-state index is -1.11. The molecule has 0 aromatic heterocycles. The summed E-state index contributed by atoms with van der Waals surface area (Å²) in [7, 11) is 0. The Labute approximate surface area is 99.2 Å². The second-order valence-electron chi connectivity index (χ2n) is 3.68. The normalized spacial score (nSPS) is 10.1. The summed E-state index contributed by atoms with van der Waals surface area (Å²) in [5, 5.41) is 8.95. The molecule has 92 valence electrons. The maximum atomic E-state index is 11.7. The Kier molecular flexibility index (Phi) is 3.73. The maximum absolute atomic E-state index is 11.7. The molecule has 0 aliphatic carbocycles. The fraction of sp³-hybridized carbons (Fsp3) is 0.333. The van der Waals surface area contributed by atoms with Crippen LogP contribution in [0.3, 0.4) is 0 Å². The lowest BCUT2D eigenvalue weighted by Crippen LogP contribution is -2.13. The number of hydrogen-bond donors (Lipinski definition) is 2. The Hall–Kier alpha value is -2.04. The maximum Gasteiger partial charge on any atom is 0.338 e. The lowest BCUT2D eigenvalue weighted by atomic mass is 9.97. The molecule has 0 saturated carbocycles. The van der Waals surface area contributed by atoms with E-state index in [0.29, 0.717) is 16.7 Å². The Balaban J connectivity index is 3.40. The van der Waals surface area contributed by atoms with Crippen molar-refractivity contribution in [1.82, 2.24) is 0 Å². The fourth-order valence-electron chi connectivity index (χ4n) is 1.69. The Morgan fingerprint density at radius 3 is 2.47 bits per heavy atom. The van der Waals surface area contributed by atoms with Crippen LogP contribution in [0, 0.1) is 13.8 Å². The number of aromatic carboxylic acids is 1. The van der Waals surface area contributed by atoms with Gasteiger partial charge < -0.3 is 15.6 Å². The molecule has 0 spiro atoms. The number of benzene rings is 1. The van der Waals surface area contributed by atoms with Gasteiger partial charge in [-0.3, -0.25) is 0 Å². The van der Waals surface area contributed by atoms with Crippen LogP contribution in [0.1, 0.15) is 38.8 Å². The number of carbonyl (C=O) groups is 2. The summed E-state index contributed by atoms with van der Waals surface area (Å²) in [6.45, 7) is 5.24. The second-order valence-corrected chi connectivity index (χ2v) is 3.68. The van der Waals surface area contributed by atoms with Gasteiger partial charge in [0, 0.05) is 5.69 Å². The molecule has 3 N–H and O–H groups in total. The molecule has 0 radical (unpaired) electrons. The number of carbonyl (C=O) groups excluding carboxylic acids is 1. The van der Waals surface area contributed by atoms with E-state index in [-0.39, 0.29) is 17.9 Å². The summed E-state index contributed by atoms with van der Waals surface area (Å²) in [5.41, 5.74) is 7.14. The zero-order chi connectivity index (χ0) is 13.2. The third kappa shape index (κ3) is 2.38. The molecule has 17 heavy (non-hydrogen) atoms. The van der Waals surface area contributed by atoms with Gasteiger partial charge in [-0.15, -0.1) is 0 Å². The van der Waals surface area contributed by atoms with E-state index in [0.717, 1.165) is 0 Å². The number of ether oxygens (including phenoxy) is 1. The molecule has 0 amide bonds. The molecule has 5 nitrogen and oxygen atoms in total. The van der Waals surface area contributed by atoms with Gasteiger partial charge in [0.2, 0.25) is 0 Å². The Bertz CT molecular complexity index is 480. The van der Waals surface area contributed by atoms with Crippen molar-refractivity contribution in [2.75, 3.05) is 12.3 Å². The Morgan fingerprint density at radius 1 is 1.41 bits per heavy atom. The quantitative estimate of drug-likeness (QED) is 0.617. The number of hydrogen-bond acceptors (Lipinski definition) is 4. The van der Waals surface area contributed by atoms with Gasteiger partial charge in [0.1, 0.15) is 0 Å². The van der Waals surface area contributed by atoms with E-state index >= 15 is 0 Å². The minimum absolute atomic E-state index is 0.00745.